The van der Waals surface area contributed by atoms with Crippen LogP contribution >= 0.6 is 11.8 Å². The lowest BCUT2D eigenvalue weighted by Gasteiger charge is -2.10. The predicted molar refractivity (Wildman–Crippen MR) is 73.2 cm³/mol. The molecule has 1 fully saturated rings. The Morgan fingerprint density at radius 3 is 3.00 bits per heavy atom. The molecule has 1 aromatic heterocycles. The summed E-state index contributed by atoms with van der Waals surface area (Å²) in [7, 11) is 1.75. The molecule has 1 atom stereocenters. The van der Waals surface area contributed by atoms with Crippen molar-refractivity contribution >= 4 is 23.3 Å². The number of aryl methyl sites for hydroxylation is 2. The van der Waals surface area contributed by atoms with E-state index in [1.807, 2.05) is 18.7 Å². The van der Waals surface area contributed by atoms with Crippen molar-refractivity contribution < 1.29 is 4.92 Å². The number of hydrogen-bond donors (Lipinski definition) is 1. The van der Waals surface area contributed by atoms with Crippen LogP contribution in [0.4, 0.5) is 11.5 Å². The molecule has 18 heavy (non-hydrogen) atoms. The lowest BCUT2D eigenvalue weighted by molar-refractivity contribution is -0.384. The van der Waals surface area contributed by atoms with E-state index in [1.165, 1.54) is 18.6 Å². The SMILES string of the molecule is CCc1nn(C)c(NCC2CCCS2)c1[N+](=O)[O-]. The van der Waals surface area contributed by atoms with Crippen molar-refractivity contribution in [3.63, 3.8) is 0 Å². The largest absolute Gasteiger partial charge is 0.363 e. The number of rotatable bonds is 5. The van der Waals surface area contributed by atoms with Gasteiger partial charge in [0.25, 0.3) is 0 Å². The first-order valence-corrected chi connectivity index (χ1v) is 7.24. The van der Waals surface area contributed by atoms with Crippen LogP contribution in [0.5, 0.6) is 0 Å². The highest BCUT2D eigenvalue weighted by Gasteiger charge is 2.26. The van der Waals surface area contributed by atoms with E-state index < -0.39 is 0 Å². The summed E-state index contributed by atoms with van der Waals surface area (Å²) in [6.07, 6.45) is 3.00. The Bertz CT molecular complexity index is 440. The van der Waals surface area contributed by atoms with Gasteiger partial charge in [-0.15, -0.1) is 0 Å². The molecule has 1 aromatic rings. The van der Waals surface area contributed by atoms with E-state index in [4.69, 9.17) is 0 Å². The van der Waals surface area contributed by atoms with Crippen molar-refractivity contribution in [2.75, 3.05) is 17.6 Å². The molecule has 0 radical (unpaired) electrons. The van der Waals surface area contributed by atoms with Crippen LogP contribution < -0.4 is 5.32 Å². The van der Waals surface area contributed by atoms with Gasteiger partial charge in [-0.2, -0.15) is 16.9 Å². The van der Waals surface area contributed by atoms with Gasteiger partial charge in [0.15, 0.2) is 0 Å². The van der Waals surface area contributed by atoms with Gasteiger partial charge in [-0.1, -0.05) is 6.92 Å². The van der Waals surface area contributed by atoms with Crippen LogP contribution in [0.2, 0.25) is 0 Å². The fourth-order valence-electron chi connectivity index (χ4n) is 2.21. The zero-order chi connectivity index (χ0) is 13.1. The Balaban J connectivity index is 2.14. The number of nitrogens with one attached hydrogen (secondary N) is 1. The summed E-state index contributed by atoms with van der Waals surface area (Å²) >= 11 is 1.93. The molecular formula is C11H18N4O2S. The van der Waals surface area contributed by atoms with Crippen LogP contribution in [0.1, 0.15) is 25.5 Å². The summed E-state index contributed by atoms with van der Waals surface area (Å²) in [4.78, 5) is 10.8. The minimum Gasteiger partial charge on any atom is -0.363 e. The maximum Gasteiger partial charge on any atom is 0.333 e. The third kappa shape index (κ3) is 2.60. The van der Waals surface area contributed by atoms with Crippen LogP contribution in [-0.4, -0.2) is 32.3 Å². The average Bonchev–Trinajstić information content (AvgIpc) is 2.93. The standard InChI is InChI=1S/C11H18N4O2S/c1-3-9-10(15(16)17)11(14(2)13-9)12-7-8-5-4-6-18-8/h8,12H,3-7H2,1-2H3. The zero-order valence-electron chi connectivity index (χ0n) is 10.7. The van der Waals surface area contributed by atoms with Gasteiger partial charge in [-0.05, 0) is 25.0 Å². The van der Waals surface area contributed by atoms with Gasteiger partial charge in [-0.3, -0.25) is 10.1 Å². The van der Waals surface area contributed by atoms with E-state index in [-0.39, 0.29) is 10.6 Å². The van der Waals surface area contributed by atoms with E-state index in [0.29, 0.717) is 23.2 Å². The Kier molecular flexibility index (Phi) is 4.11. The summed E-state index contributed by atoms with van der Waals surface area (Å²) in [5, 5.41) is 19.1. The second kappa shape index (κ2) is 5.60. The van der Waals surface area contributed by atoms with Crippen LogP contribution in [0, 0.1) is 10.1 Å². The first-order valence-electron chi connectivity index (χ1n) is 6.19. The van der Waals surface area contributed by atoms with Crippen molar-refractivity contribution in [2.24, 2.45) is 7.05 Å². The van der Waals surface area contributed by atoms with Crippen LogP contribution in [0.3, 0.4) is 0 Å². The Morgan fingerprint density at radius 2 is 2.44 bits per heavy atom. The number of hydrogen-bond acceptors (Lipinski definition) is 5. The molecule has 1 aliphatic rings. The van der Waals surface area contributed by atoms with Crippen molar-refractivity contribution in [3.8, 4) is 0 Å². The Morgan fingerprint density at radius 1 is 1.67 bits per heavy atom. The zero-order valence-corrected chi connectivity index (χ0v) is 11.5. The minimum absolute atomic E-state index is 0.128. The van der Waals surface area contributed by atoms with Crippen molar-refractivity contribution in [1.29, 1.82) is 0 Å². The van der Waals surface area contributed by atoms with Crippen LogP contribution in [0.15, 0.2) is 0 Å². The molecule has 100 valence electrons. The topological polar surface area (TPSA) is 73.0 Å². The third-order valence-electron chi connectivity index (χ3n) is 3.13. The van der Waals surface area contributed by atoms with Gasteiger partial charge in [-0.25, -0.2) is 4.68 Å². The summed E-state index contributed by atoms with van der Waals surface area (Å²) in [6, 6.07) is 0. The number of nitrogens with zero attached hydrogens (tertiary/aromatic N) is 3. The van der Waals surface area contributed by atoms with E-state index in [2.05, 4.69) is 10.4 Å². The highest BCUT2D eigenvalue weighted by molar-refractivity contribution is 8.00. The lowest BCUT2D eigenvalue weighted by atomic mass is 10.2. The molecule has 0 aliphatic carbocycles. The number of anilines is 1. The molecule has 2 heterocycles. The van der Waals surface area contributed by atoms with E-state index in [1.54, 1.807) is 11.7 Å². The number of thioether (sulfide) groups is 1. The molecule has 2 rings (SSSR count). The van der Waals surface area contributed by atoms with Crippen LogP contribution in [-0.2, 0) is 13.5 Å². The molecule has 6 nitrogen and oxygen atoms in total. The maximum absolute atomic E-state index is 11.1. The monoisotopic (exact) mass is 270 g/mol. The van der Waals surface area contributed by atoms with Gasteiger partial charge >= 0.3 is 5.69 Å². The molecule has 1 N–H and O–H groups in total. The number of nitro groups is 1. The maximum atomic E-state index is 11.1. The molecule has 0 saturated carbocycles. The minimum atomic E-state index is -0.337. The molecule has 0 spiro atoms. The third-order valence-corrected chi connectivity index (χ3v) is 4.53. The fraction of sp³-hybridized carbons (Fsp3) is 0.727. The molecule has 0 aromatic carbocycles. The quantitative estimate of drug-likeness (QED) is 0.656. The highest BCUT2D eigenvalue weighted by Crippen LogP contribution is 2.30. The summed E-state index contributed by atoms with van der Waals surface area (Å²) in [5.41, 5.74) is 0.673. The molecular weight excluding hydrogens is 252 g/mol. The molecule has 0 bridgehead atoms. The van der Waals surface area contributed by atoms with Crippen molar-refractivity contribution in [2.45, 2.75) is 31.4 Å². The Labute approximate surface area is 110 Å². The normalized spacial score (nSPS) is 19.1. The molecule has 7 heteroatoms. The van der Waals surface area contributed by atoms with Gasteiger partial charge < -0.3 is 5.32 Å². The van der Waals surface area contributed by atoms with Crippen LogP contribution in [0.25, 0.3) is 0 Å². The average molecular weight is 270 g/mol. The van der Waals surface area contributed by atoms with Gasteiger partial charge in [0.05, 0.1) is 4.92 Å². The first kappa shape index (κ1) is 13.2. The van der Waals surface area contributed by atoms with Gasteiger partial charge in [0, 0.05) is 18.8 Å². The number of aromatic nitrogens is 2. The predicted octanol–water partition coefficient (Wildman–Crippen LogP) is 2.20. The second-order valence-corrected chi connectivity index (χ2v) is 5.80. The summed E-state index contributed by atoms with van der Waals surface area (Å²) in [6.45, 7) is 2.65. The molecule has 1 unspecified atom stereocenters. The van der Waals surface area contributed by atoms with Crippen molar-refractivity contribution in [3.05, 3.63) is 15.8 Å². The first-order chi connectivity index (χ1) is 8.63. The fourth-order valence-corrected chi connectivity index (χ4v) is 3.41. The van der Waals surface area contributed by atoms with Crippen molar-refractivity contribution in [1.82, 2.24) is 9.78 Å². The highest BCUT2D eigenvalue weighted by atomic mass is 32.2. The van der Waals surface area contributed by atoms with Gasteiger partial charge in [0.2, 0.25) is 5.82 Å². The summed E-state index contributed by atoms with van der Waals surface area (Å²) in [5.74, 6) is 1.73. The molecule has 1 aliphatic heterocycles. The smallest absolute Gasteiger partial charge is 0.333 e. The molecule has 0 amide bonds. The summed E-state index contributed by atoms with van der Waals surface area (Å²) < 4.78 is 1.58. The van der Waals surface area contributed by atoms with E-state index >= 15 is 0 Å². The lowest BCUT2D eigenvalue weighted by Crippen LogP contribution is -2.16. The van der Waals surface area contributed by atoms with Gasteiger partial charge in [0.1, 0.15) is 5.69 Å². The second-order valence-electron chi connectivity index (χ2n) is 4.39. The Hall–Kier alpha value is -1.24. The molecule has 1 saturated heterocycles. The van der Waals surface area contributed by atoms with E-state index in [9.17, 15) is 10.1 Å². The van der Waals surface area contributed by atoms with E-state index in [0.717, 1.165) is 6.54 Å².